The molecule has 0 aliphatic rings. The molecule has 5 nitrogen and oxygen atoms in total. The zero-order valence-electron chi connectivity index (χ0n) is 16.6. The lowest BCUT2D eigenvalue weighted by molar-refractivity contribution is 0.102. The smallest absolute Gasteiger partial charge is 0.255 e. The van der Waals surface area contributed by atoms with Crippen molar-refractivity contribution in [3.05, 3.63) is 102 Å². The highest BCUT2D eigenvalue weighted by Crippen LogP contribution is 2.22. The number of rotatable bonds is 6. The molecule has 1 N–H and O–H groups in total. The molecular weight excluding hydrogens is 374 g/mol. The van der Waals surface area contributed by atoms with E-state index in [2.05, 4.69) is 22.2 Å². The van der Waals surface area contributed by atoms with Crippen LogP contribution in [0.4, 0.5) is 5.69 Å². The molecule has 30 heavy (non-hydrogen) atoms. The Morgan fingerprint density at radius 1 is 0.900 bits per heavy atom. The minimum atomic E-state index is -0.159. The van der Waals surface area contributed by atoms with Crippen molar-refractivity contribution < 1.29 is 9.53 Å². The molecule has 4 aromatic rings. The third kappa shape index (κ3) is 4.70. The van der Waals surface area contributed by atoms with Crippen molar-refractivity contribution in [2.45, 2.75) is 13.3 Å². The van der Waals surface area contributed by atoms with E-state index in [0.717, 1.165) is 17.7 Å². The van der Waals surface area contributed by atoms with E-state index in [9.17, 15) is 4.79 Å². The maximum absolute atomic E-state index is 12.5. The van der Waals surface area contributed by atoms with E-state index in [-0.39, 0.29) is 5.91 Å². The predicted octanol–water partition coefficient (Wildman–Crippen LogP) is 5.75. The topological polar surface area (TPSA) is 64.1 Å². The number of aromatic nitrogens is 2. The van der Waals surface area contributed by atoms with Crippen molar-refractivity contribution in [3.8, 4) is 23.0 Å². The number of aryl methyl sites for hydroxylation is 1. The van der Waals surface area contributed by atoms with Crippen LogP contribution in [0.5, 0.6) is 11.6 Å². The summed E-state index contributed by atoms with van der Waals surface area (Å²) in [6, 6.07) is 26.2. The zero-order chi connectivity index (χ0) is 20.8. The van der Waals surface area contributed by atoms with Gasteiger partial charge in [-0.3, -0.25) is 4.79 Å². The van der Waals surface area contributed by atoms with Gasteiger partial charge in [0, 0.05) is 29.1 Å². The molecule has 148 valence electrons. The summed E-state index contributed by atoms with van der Waals surface area (Å²) in [6.45, 7) is 2.10. The van der Waals surface area contributed by atoms with Crippen LogP contribution in [-0.2, 0) is 6.42 Å². The second-order valence-electron chi connectivity index (χ2n) is 6.72. The summed E-state index contributed by atoms with van der Waals surface area (Å²) < 4.78 is 5.77. The largest absolute Gasteiger partial charge is 0.439 e. The van der Waals surface area contributed by atoms with Crippen LogP contribution in [0.25, 0.3) is 11.4 Å². The number of anilines is 1. The highest BCUT2D eigenvalue weighted by atomic mass is 16.5. The second kappa shape index (κ2) is 9.01. The minimum Gasteiger partial charge on any atom is -0.439 e. The average molecular weight is 395 g/mol. The Morgan fingerprint density at radius 2 is 1.63 bits per heavy atom. The van der Waals surface area contributed by atoms with Crippen LogP contribution in [0.3, 0.4) is 0 Å². The molecule has 0 saturated heterocycles. The Bertz CT molecular complexity index is 1130. The summed E-state index contributed by atoms with van der Waals surface area (Å²) in [7, 11) is 0. The lowest BCUT2D eigenvalue weighted by Crippen LogP contribution is -2.11. The summed E-state index contributed by atoms with van der Waals surface area (Å²) in [5.74, 6) is 1.54. The fourth-order valence-corrected chi connectivity index (χ4v) is 2.95. The molecule has 1 heterocycles. The zero-order valence-corrected chi connectivity index (χ0v) is 16.6. The van der Waals surface area contributed by atoms with Crippen molar-refractivity contribution in [1.82, 2.24) is 9.97 Å². The predicted molar refractivity (Wildman–Crippen MR) is 118 cm³/mol. The van der Waals surface area contributed by atoms with Crippen molar-refractivity contribution in [3.63, 3.8) is 0 Å². The molecule has 0 unspecified atom stereocenters. The quantitative estimate of drug-likeness (QED) is 0.451. The van der Waals surface area contributed by atoms with Gasteiger partial charge in [0.25, 0.3) is 5.91 Å². The first-order valence-electron chi connectivity index (χ1n) is 9.78. The number of carbonyl (C=O) groups is 1. The highest BCUT2D eigenvalue weighted by Gasteiger charge is 2.09. The first-order chi connectivity index (χ1) is 14.7. The normalized spacial score (nSPS) is 10.4. The maximum Gasteiger partial charge on any atom is 0.255 e. The molecule has 0 spiro atoms. The van der Waals surface area contributed by atoms with Crippen molar-refractivity contribution in [2.75, 3.05) is 5.32 Å². The Morgan fingerprint density at radius 3 is 2.33 bits per heavy atom. The summed E-state index contributed by atoms with van der Waals surface area (Å²) in [6.07, 6.45) is 2.62. The highest BCUT2D eigenvalue weighted by molar-refractivity contribution is 6.04. The molecule has 0 fully saturated rings. The van der Waals surface area contributed by atoms with E-state index < -0.39 is 0 Å². The monoisotopic (exact) mass is 395 g/mol. The number of nitrogens with one attached hydrogen (secondary N) is 1. The summed E-state index contributed by atoms with van der Waals surface area (Å²) >= 11 is 0. The Labute approximate surface area is 175 Å². The lowest BCUT2D eigenvalue weighted by atomic mass is 10.1. The molecule has 0 bridgehead atoms. The Balaban J connectivity index is 1.46. The molecule has 0 aliphatic heterocycles. The summed E-state index contributed by atoms with van der Waals surface area (Å²) in [5, 5.41) is 2.91. The fourth-order valence-electron chi connectivity index (χ4n) is 2.95. The molecule has 0 radical (unpaired) electrons. The Kier molecular flexibility index (Phi) is 5.80. The molecule has 0 aliphatic carbocycles. The van der Waals surface area contributed by atoms with E-state index in [1.54, 1.807) is 24.4 Å². The van der Waals surface area contributed by atoms with Crippen LogP contribution >= 0.6 is 0 Å². The maximum atomic E-state index is 12.5. The number of hydrogen-bond donors (Lipinski definition) is 1. The number of para-hydroxylation sites is 1. The number of ether oxygens (including phenoxy) is 1. The van der Waals surface area contributed by atoms with E-state index in [4.69, 9.17) is 4.74 Å². The van der Waals surface area contributed by atoms with E-state index >= 15 is 0 Å². The van der Waals surface area contributed by atoms with Gasteiger partial charge in [-0.15, -0.1) is 0 Å². The number of nitrogens with zero attached hydrogens (tertiary/aromatic N) is 2. The Hall–Kier alpha value is -3.99. The minimum absolute atomic E-state index is 0.159. The first kappa shape index (κ1) is 19.3. The first-order valence-corrected chi connectivity index (χ1v) is 9.78. The van der Waals surface area contributed by atoms with Gasteiger partial charge in [-0.1, -0.05) is 49.4 Å². The van der Waals surface area contributed by atoms with Crippen LogP contribution in [0, 0.1) is 0 Å². The van der Waals surface area contributed by atoms with E-state index in [1.807, 2.05) is 66.7 Å². The van der Waals surface area contributed by atoms with Gasteiger partial charge in [0.15, 0.2) is 5.82 Å². The molecule has 4 rings (SSSR count). The molecule has 0 saturated carbocycles. The van der Waals surface area contributed by atoms with Crippen LogP contribution < -0.4 is 10.1 Å². The lowest BCUT2D eigenvalue weighted by Gasteiger charge is -2.08. The summed E-state index contributed by atoms with van der Waals surface area (Å²) in [5.41, 5.74) is 3.37. The van der Waals surface area contributed by atoms with Gasteiger partial charge >= 0.3 is 0 Å². The fraction of sp³-hybridized carbons (Fsp3) is 0.0800. The van der Waals surface area contributed by atoms with Gasteiger partial charge < -0.3 is 10.1 Å². The van der Waals surface area contributed by atoms with E-state index in [0.29, 0.717) is 23.0 Å². The molecule has 5 heteroatoms. The van der Waals surface area contributed by atoms with Crippen molar-refractivity contribution in [1.29, 1.82) is 0 Å². The van der Waals surface area contributed by atoms with Crippen molar-refractivity contribution >= 4 is 11.6 Å². The number of carbonyl (C=O) groups excluding carboxylic acids is 1. The number of amides is 1. The van der Waals surface area contributed by atoms with Gasteiger partial charge in [-0.05, 0) is 48.4 Å². The van der Waals surface area contributed by atoms with E-state index in [1.165, 1.54) is 5.56 Å². The molecular formula is C25H21N3O2. The third-order valence-electron chi connectivity index (χ3n) is 4.62. The number of hydrogen-bond acceptors (Lipinski definition) is 4. The molecule has 1 amide bonds. The van der Waals surface area contributed by atoms with Gasteiger partial charge in [-0.2, -0.15) is 4.98 Å². The third-order valence-corrected chi connectivity index (χ3v) is 4.62. The van der Waals surface area contributed by atoms with Crippen LogP contribution in [0.2, 0.25) is 0 Å². The van der Waals surface area contributed by atoms with Crippen molar-refractivity contribution in [2.24, 2.45) is 0 Å². The van der Waals surface area contributed by atoms with Gasteiger partial charge in [0.05, 0.1) is 0 Å². The van der Waals surface area contributed by atoms with Gasteiger partial charge in [0.1, 0.15) is 5.75 Å². The van der Waals surface area contributed by atoms with Gasteiger partial charge in [0.2, 0.25) is 5.88 Å². The standard InChI is InChI=1S/C25H21N3O2/c1-2-18-8-14-21(15-9-18)27-25(29)20-12-10-19(11-13-20)24-26-17-16-23(28-24)30-22-6-4-3-5-7-22/h3-17H,2H2,1H3,(H,27,29). The number of benzene rings is 3. The average Bonchev–Trinajstić information content (AvgIpc) is 2.80. The molecule has 0 atom stereocenters. The second-order valence-corrected chi connectivity index (χ2v) is 6.72. The van der Waals surface area contributed by atoms with Crippen LogP contribution in [0.1, 0.15) is 22.8 Å². The molecule has 1 aromatic heterocycles. The SMILES string of the molecule is CCc1ccc(NC(=O)c2ccc(-c3nccc(Oc4ccccc4)n3)cc2)cc1. The summed E-state index contributed by atoms with van der Waals surface area (Å²) in [4.78, 5) is 21.3. The molecule has 3 aromatic carbocycles. The van der Waals surface area contributed by atoms with Gasteiger partial charge in [-0.25, -0.2) is 4.98 Å². The van der Waals surface area contributed by atoms with Crippen LogP contribution in [0.15, 0.2) is 91.1 Å². The van der Waals surface area contributed by atoms with Crippen LogP contribution in [-0.4, -0.2) is 15.9 Å².